The smallest absolute Gasteiger partial charge is 0.0973 e. The van der Waals surface area contributed by atoms with Gasteiger partial charge in [0.05, 0.1) is 39.5 Å². The van der Waals surface area contributed by atoms with Crippen molar-refractivity contribution in [3.63, 3.8) is 0 Å². The minimum absolute atomic E-state index is 0.0862. The van der Waals surface area contributed by atoms with E-state index >= 15 is 0 Å². The van der Waals surface area contributed by atoms with Crippen LogP contribution in [0.2, 0.25) is 0 Å². The second kappa shape index (κ2) is 9.98. The Morgan fingerprint density at radius 3 is 1.60 bits per heavy atom. The molecule has 0 atom stereocenters. The van der Waals surface area contributed by atoms with Gasteiger partial charge in [0.15, 0.2) is 0 Å². The highest BCUT2D eigenvalue weighted by Gasteiger charge is 2.45. The average molecular weight is 606 g/mol. The summed E-state index contributed by atoms with van der Waals surface area (Å²) in [4.78, 5) is 13.0. The summed E-state index contributed by atoms with van der Waals surface area (Å²) in [5.74, 6) is 0. The van der Waals surface area contributed by atoms with Crippen LogP contribution in [-0.2, 0) is 10.8 Å². The van der Waals surface area contributed by atoms with Crippen LogP contribution in [0.15, 0.2) is 140 Å². The highest BCUT2D eigenvalue weighted by atomic mass is 15.2. The SMILES string of the molecule is CC1(C)c2ccccc2N2c3ccc(-c4ccc5nc(-c6ccccc6)c(-c6ccccc6)nc5c4)cc3C(C)(C)c3cccc1c32. The highest BCUT2D eigenvalue weighted by molar-refractivity contribution is 5.94. The number of hydrogen-bond acceptors (Lipinski definition) is 3. The quantitative estimate of drug-likeness (QED) is 0.201. The summed E-state index contributed by atoms with van der Waals surface area (Å²) in [6.45, 7) is 9.47. The Kier molecular flexibility index (Phi) is 5.89. The number of para-hydroxylation sites is 2. The largest absolute Gasteiger partial charge is 0.309 e. The van der Waals surface area contributed by atoms with Crippen LogP contribution in [0.1, 0.15) is 49.9 Å². The van der Waals surface area contributed by atoms with Gasteiger partial charge in [0.2, 0.25) is 0 Å². The van der Waals surface area contributed by atoms with E-state index < -0.39 is 0 Å². The molecule has 0 radical (unpaired) electrons. The van der Waals surface area contributed by atoms with Crippen molar-refractivity contribution in [3.05, 3.63) is 162 Å². The molecular weight excluding hydrogens is 571 g/mol. The lowest BCUT2D eigenvalue weighted by molar-refractivity contribution is 0.597. The van der Waals surface area contributed by atoms with Crippen molar-refractivity contribution in [2.24, 2.45) is 0 Å². The number of rotatable bonds is 3. The molecule has 0 fully saturated rings. The van der Waals surface area contributed by atoms with Crippen molar-refractivity contribution < 1.29 is 0 Å². The Morgan fingerprint density at radius 2 is 0.915 bits per heavy atom. The van der Waals surface area contributed by atoms with E-state index in [4.69, 9.17) is 9.97 Å². The first-order valence-corrected chi connectivity index (χ1v) is 16.4. The van der Waals surface area contributed by atoms with Gasteiger partial charge in [-0.15, -0.1) is 0 Å². The molecule has 9 rings (SSSR count). The second-order valence-electron chi connectivity index (χ2n) is 13.9. The molecule has 0 saturated heterocycles. The molecule has 2 aliphatic rings. The van der Waals surface area contributed by atoms with Gasteiger partial charge in [-0.1, -0.05) is 137 Å². The third-order valence-electron chi connectivity index (χ3n) is 10.4. The van der Waals surface area contributed by atoms with Gasteiger partial charge in [0.1, 0.15) is 0 Å². The summed E-state index contributed by atoms with van der Waals surface area (Å²) in [5, 5.41) is 0. The first-order chi connectivity index (χ1) is 22.8. The van der Waals surface area contributed by atoms with Gasteiger partial charge >= 0.3 is 0 Å². The van der Waals surface area contributed by atoms with Crippen molar-refractivity contribution in [2.75, 3.05) is 4.90 Å². The zero-order chi connectivity index (χ0) is 31.9. The van der Waals surface area contributed by atoms with Crippen molar-refractivity contribution >= 4 is 28.1 Å². The normalized spacial score (nSPS) is 15.1. The fourth-order valence-electron chi connectivity index (χ4n) is 7.89. The summed E-state index contributed by atoms with van der Waals surface area (Å²) in [5.41, 5.74) is 17.0. The van der Waals surface area contributed by atoms with Gasteiger partial charge in [-0.3, -0.25) is 0 Å². The van der Waals surface area contributed by atoms with Gasteiger partial charge in [0, 0.05) is 22.0 Å². The van der Waals surface area contributed by atoms with Gasteiger partial charge in [-0.05, 0) is 63.7 Å². The van der Waals surface area contributed by atoms with Crippen LogP contribution in [0.3, 0.4) is 0 Å². The molecule has 3 heterocycles. The van der Waals surface area contributed by atoms with Crippen LogP contribution < -0.4 is 4.90 Å². The molecule has 47 heavy (non-hydrogen) atoms. The van der Waals surface area contributed by atoms with Crippen LogP contribution in [0.5, 0.6) is 0 Å². The van der Waals surface area contributed by atoms with E-state index in [1.807, 2.05) is 12.1 Å². The Morgan fingerprint density at radius 1 is 0.404 bits per heavy atom. The monoisotopic (exact) mass is 605 g/mol. The zero-order valence-electron chi connectivity index (χ0n) is 27.1. The van der Waals surface area contributed by atoms with E-state index in [1.54, 1.807) is 0 Å². The maximum absolute atomic E-state index is 5.26. The predicted octanol–water partition coefficient (Wildman–Crippen LogP) is 11.4. The van der Waals surface area contributed by atoms with Crippen LogP contribution in [0.4, 0.5) is 17.1 Å². The molecule has 3 heteroatoms. The third kappa shape index (κ3) is 4.06. The molecule has 0 spiro atoms. The van der Waals surface area contributed by atoms with Gasteiger partial charge in [0.25, 0.3) is 0 Å². The molecule has 226 valence electrons. The van der Waals surface area contributed by atoms with Gasteiger partial charge in [-0.2, -0.15) is 0 Å². The van der Waals surface area contributed by atoms with Crippen LogP contribution >= 0.6 is 0 Å². The minimum Gasteiger partial charge on any atom is -0.309 e. The van der Waals surface area contributed by atoms with Gasteiger partial charge < -0.3 is 4.90 Å². The maximum atomic E-state index is 5.26. The number of hydrogen-bond donors (Lipinski definition) is 0. The molecule has 0 bridgehead atoms. The Balaban J connectivity index is 1.22. The molecule has 3 nitrogen and oxygen atoms in total. The topological polar surface area (TPSA) is 29.0 Å². The van der Waals surface area contributed by atoms with Crippen LogP contribution in [0, 0.1) is 0 Å². The zero-order valence-corrected chi connectivity index (χ0v) is 27.1. The lowest BCUT2D eigenvalue weighted by Gasteiger charge is -2.49. The third-order valence-corrected chi connectivity index (χ3v) is 10.4. The molecule has 7 aromatic rings. The fraction of sp³-hybridized carbons (Fsp3) is 0.136. The lowest BCUT2D eigenvalue weighted by Crippen LogP contribution is -2.38. The molecular formula is C44H35N3. The lowest BCUT2D eigenvalue weighted by atomic mass is 9.66. The Bertz CT molecular complexity index is 2350. The van der Waals surface area contributed by atoms with E-state index in [2.05, 4.69) is 160 Å². The van der Waals surface area contributed by atoms with Crippen molar-refractivity contribution in [3.8, 4) is 33.6 Å². The van der Waals surface area contributed by atoms with E-state index in [9.17, 15) is 0 Å². The Labute approximate surface area is 276 Å². The van der Waals surface area contributed by atoms with Crippen molar-refractivity contribution in [1.29, 1.82) is 0 Å². The maximum Gasteiger partial charge on any atom is 0.0973 e. The molecule has 0 saturated carbocycles. The first-order valence-electron chi connectivity index (χ1n) is 16.4. The molecule has 2 aliphatic heterocycles. The minimum atomic E-state index is -0.183. The van der Waals surface area contributed by atoms with E-state index in [0.717, 1.165) is 39.1 Å². The van der Waals surface area contributed by atoms with E-state index in [1.165, 1.54) is 44.9 Å². The number of fused-ring (bicyclic) bond motifs is 5. The van der Waals surface area contributed by atoms with E-state index in [0.29, 0.717) is 0 Å². The predicted molar refractivity (Wildman–Crippen MR) is 195 cm³/mol. The second-order valence-corrected chi connectivity index (χ2v) is 13.9. The number of anilines is 3. The molecule has 0 aliphatic carbocycles. The number of aromatic nitrogens is 2. The first kappa shape index (κ1) is 27.7. The summed E-state index contributed by atoms with van der Waals surface area (Å²) in [6.07, 6.45) is 0. The molecule has 1 aromatic heterocycles. The summed E-state index contributed by atoms with van der Waals surface area (Å²) >= 11 is 0. The van der Waals surface area contributed by atoms with Gasteiger partial charge in [-0.25, -0.2) is 9.97 Å². The molecule has 6 aromatic carbocycles. The molecule has 0 amide bonds. The summed E-state index contributed by atoms with van der Waals surface area (Å²) < 4.78 is 0. The number of nitrogens with zero attached hydrogens (tertiary/aromatic N) is 3. The standard InChI is InChI=1S/C44H35N3/c1-43(2)32-18-11-12-21-38(32)47-39-25-23-30(26-35(39)44(3,4)34-20-13-19-33(43)42(34)47)31-22-24-36-37(27-31)46-41(29-16-9-6-10-17-29)40(45-36)28-14-7-5-8-15-28/h5-27H,1-4H3. The van der Waals surface area contributed by atoms with E-state index in [-0.39, 0.29) is 10.8 Å². The molecule has 0 N–H and O–H groups in total. The van der Waals surface area contributed by atoms with Crippen molar-refractivity contribution in [2.45, 2.75) is 38.5 Å². The molecule has 0 unspecified atom stereocenters. The van der Waals surface area contributed by atoms with Crippen LogP contribution in [-0.4, -0.2) is 9.97 Å². The van der Waals surface area contributed by atoms with Crippen molar-refractivity contribution in [1.82, 2.24) is 9.97 Å². The number of benzene rings is 6. The average Bonchev–Trinajstić information content (AvgIpc) is 3.11. The Hall–Kier alpha value is -5.54. The fourth-order valence-corrected chi connectivity index (χ4v) is 7.89. The highest BCUT2D eigenvalue weighted by Crippen LogP contribution is 2.60. The summed E-state index contributed by atoms with van der Waals surface area (Å²) in [6, 6.07) is 50.0. The summed E-state index contributed by atoms with van der Waals surface area (Å²) in [7, 11) is 0. The van der Waals surface area contributed by atoms with Crippen LogP contribution in [0.25, 0.3) is 44.7 Å².